The molecule has 2 N–H and O–H groups in total. The number of hydrogen-bond acceptors (Lipinski definition) is 4. The third-order valence-electron chi connectivity index (χ3n) is 3.74. The maximum Gasteiger partial charge on any atom is 0.163 e. The van der Waals surface area contributed by atoms with Crippen molar-refractivity contribution in [2.75, 3.05) is 38.2 Å². The lowest BCUT2D eigenvalue weighted by molar-refractivity contribution is 0.297. The van der Waals surface area contributed by atoms with Gasteiger partial charge in [0.1, 0.15) is 0 Å². The second-order valence-electron chi connectivity index (χ2n) is 5.31. The number of fused-ring (bicyclic) bond motifs is 1. The molecule has 1 unspecified atom stereocenters. The van der Waals surface area contributed by atoms with E-state index in [0.29, 0.717) is 0 Å². The van der Waals surface area contributed by atoms with Crippen LogP contribution in [-0.2, 0) is 0 Å². The summed E-state index contributed by atoms with van der Waals surface area (Å²) in [4.78, 5) is 0. The molecule has 1 aromatic carbocycles. The molecule has 2 aliphatic rings. The van der Waals surface area contributed by atoms with Gasteiger partial charge in [-0.15, -0.1) is 0 Å². The molecule has 104 valence electrons. The first-order valence-electron chi connectivity index (χ1n) is 7.26. The van der Waals surface area contributed by atoms with Crippen molar-refractivity contribution in [2.45, 2.75) is 19.3 Å². The highest BCUT2D eigenvalue weighted by molar-refractivity contribution is 5.55. The van der Waals surface area contributed by atoms with Crippen molar-refractivity contribution in [2.24, 2.45) is 5.92 Å². The average molecular weight is 262 g/mol. The van der Waals surface area contributed by atoms with Gasteiger partial charge < -0.3 is 20.1 Å². The zero-order valence-electron chi connectivity index (χ0n) is 11.3. The van der Waals surface area contributed by atoms with E-state index in [4.69, 9.17) is 9.47 Å². The summed E-state index contributed by atoms with van der Waals surface area (Å²) in [6.07, 6.45) is 3.54. The van der Waals surface area contributed by atoms with Gasteiger partial charge in [0, 0.05) is 24.7 Å². The zero-order chi connectivity index (χ0) is 12.9. The highest BCUT2D eigenvalue weighted by Crippen LogP contribution is 2.32. The molecule has 2 heterocycles. The largest absolute Gasteiger partial charge is 0.490 e. The van der Waals surface area contributed by atoms with Crippen molar-refractivity contribution in [1.82, 2.24) is 5.32 Å². The summed E-state index contributed by atoms with van der Waals surface area (Å²) in [6, 6.07) is 6.13. The Hall–Kier alpha value is -1.42. The minimum absolute atomic E-state index is 0.727. The van der Waals surface area contributed by atoms with E-state index in [0.717, 1.165) is 55.8 Å². The molecule has 0 amide bonds. The van der Waals surface area contributed by atoms with Crippen LogP contribution < -0.4 is 20.1 Å². The van der Waals surface area contributed by atoms with Crippen LogP contribution in [0.3, 0.4) is 0 Å². The Bertz CT molecular complexity index is 417. The Kier molecular flexibility index (Phi) is 4.08. The van der Waals surface area contributed by atoms with Gasteiger partial charge in [-0.25, -0.2) is 0 Å². The predicted octanol–water partition coefficient (Wildman–Crippen LogP) is 2.26. The van der Waals surface area contributed by atoms with E-state index in [9.17, 15) is 0 Å². The van der Waals surface area contributed by atoms with E-state index in [-0.39, 0.29) is 0 Å². The topological polar surface area (TPSA) is 42.5 Å². The first-order valence-corrected chi connectivity index (χ1v) is 7.26. The molecule has 2 aliphatic heterocycles. The normalized spacial score (nSPS) is 22.6. The van der Waals surface area contributed by atoms with Gasteiger partial charge in [-0.3, -0.25) is 0 Å². The maximum absolute atomic E-state index is 5.70. The summed E-state index contributed by atoms with van der Waals surface area (Å²) in [6.45, 7) is 4.79. The molecule has 3 rings (SSSR count). The quantitative estimate of drug-likeness (QED) is 0.877. The van der Waals surface area contributed by atoms with Crippen molar-refractivity contribution in [1.29, 1.82) is 0 Å². The third kappa shape index (κ3) is 3.32. The van der Waals surface area contributed by atoms with E-state index in [1.54, 1.807) is 0 Å². The van der Waals surface area contributed by atoms with Crippen molar-refractivity contribution in [3.05, 3.63) is 18.2 Å². The fraction of sp³-hybridized carbons (Fsp3) is 0.600. The van der Waals surface area contributed by atoms with Crippen LogP contribution in [0.1, 0.15) is 19.3 Å². The number of ether oxygens (including phenoxy) is 2. The summed E-state index contributed by atoms with van der Waals surface area (Å²) in [5.74, 6) is 2.45. The van der Waals surface area contributed by atoms with Crippen LogP contribution in [-0.4, -0.2) is 32.8 Å². The number of piperidine rings is 1. The maximum atomic E-state index is 5.70. The van der Waals surface area contributed by atoms with Crippen LogP contribution in [0.15, 0.2) is 18.2 Å². The predicted molar refractivity (Wildman–Crippen MR) is 76.1 cm³/mol. The molecular formula is C15H22N2O2. The molecular weight excluding hydrogens is 240 g/mol. The standard InChI is InChI=1S/C15H22N2O2/c1-3-12(10-16-6-1)11-17-13-4-5-14-15(9-13)19-8-2-7-18-14/h4-5,9,12,16-17H,1-3,6-8,10-11H2. The fourth-order valence-corrected chi connectivity index (χ4v) is 2.63. The minimum Gasteiger partial charge on any atom is -0.490 e. The Balaban J connectivity index is 1.60. The first kappa shape index (κ1) is 12.6. The van der Waals surface area contributed by atoms with E-state index < -0.39 is 0 Å². The number of nitrogens with one attached hydrogen (secondary N) is 2. The summed E-state index contributed by atoms with van der Waals surface area (Å²) in [5.41, 5.74) is 1.12. The van der Waals surface area contributed by atoms with Gasteiger partial charge in [-0.05, 0) is 44.0 Å². The number of hydrogen-bond donors (Lipinski definition) is 2. The number of rotatable bonds is 3. The molecule has 0 spiro atoms. The molecule has 4 nitrogen and oxygen atoms in total. The molecule has 0 saturated carbocycles. The summed E-state index contributed by atoms with van der Waals surface area (Å²) < 4.78 is 11.3. The second-order valence-corrected chi connectivity index (χ2v) is 5.31. The van der Waals surface area contributed by atoms with Gasteiger partial charge >= 0.3 is 0 Å². The minimum atomic E-state index is 0.727. The molecule has 0 bridgehead atoms. The number of benzene rings is 1. The Morgan fingerprint density at radius 3 is 2.89 bits per heavy atom. The summed E-state index contributed by atoms with van der Waals surface area (Å²) in [5, 5.41) is 6.95. The Morgan fingerprint density at radius 2 is 2.05 bits per heavy atom. The molecule has 0 aliphatic carbocycles. The molecule has 0 aromatic heterocycles. The molecule has 0 radical (unpaired) electrons. The van der Waals surface area contributed by atoms with Crippen molar-refractivity contribution in [3.63, 3.8) is 0 Å². The van der Waals surface area contributed by atoms with Crippen molar-refractivity contribution in [3.8, 4) is 11.5 Å². The highest BCUT2D eigenvalue weighted by Gasteiger charge is 2.14. The molecule has 19 heavy (non-hydrogen) atoms. The van der Waals surface area contributed by atoms with E-state index in [2.05, 4.69) is 22.8 Å². The fourth-order valence-electron chi connectivity index (χ4n) is 2.63. The van der Waals surface area contributed by atoms with E-state index in [1.807, 2.05) is 6.07 Å². The van der Waals surface area contributed by atoms with Crippen LogP contribution in [0.2, 0.25) is 0 Å². The summed E-state index contributed by atoms with van der Waals surface area (Å²) in [7, 11) is 0. The second kappa shape index (κ2) is 6.15. The summed E-state index contributed by atoms with van der Waals surface area (Å²) >= 11 is 0. The van der Waals surface area contributed by atoms with Crippen LogP contribution in [0.4, 0.5) is 5.69 Å². The third-order valence-corrected chi connectivity index (χ3v) is 3.74. The molecule has 4 heteroatoms. The van der Waals surface area contributed by atoms with E-state index in [1.165, 1.54) is 19.4 Å². The van der Waals surface area contributed by atoms with Gasteiger partial charge in [0.25, 0.3) is 0 Å². The van der Waals surface area contributed by atoms with Crippen LogP contribution in [0.5, 0.6) is 11.5 Å². The smallest absolute Gasteiger partial charge is 0.163 e. The molecule has 1 fully saturated rings. The van der Waals surface area contributed by atoms with Gasteiger partial charge in [0.2, 0.25) is 0 Å². The van der Waals surface area contributed by atoms with Crippen molar-refractivity contribution >= 4 is 5.69 Å². The van der Waals surface area contributed by atoms with Gasteiger partial charge in [0.15, 0.2) is 11.5 Å². The highest BCUT2D eigenvalue weighted by atomic mass is 16.5. The van der Waals surface area contributed by atoms with Gasteiger partial charge in [0.05, 0.1) is 13.2 Å². The van der Waals surface area contributed by atoms with Gasteiger partial charge in [-0.2, -0.15) is 0 Å². The Morgan fingerprint density at radius 1 is 1.16 bits per heavy atom. The lowest BCUT2D eigenvalue weighted by Crippen LogP contribution is -2.33. The SMILES string of the molecule is c1cc2c(cc1NCC1CCCNC1)OCCCO2. The zero-order valence-corrected chi connectivity index (χ0v) is 11.3. The van der Waals surface area contributed by atoms with Crippen LogP contribution in [0.25, 0.3) is 0 Å². The molecule has 1 aromatic rings. The number of anilines is 1. The van der Waals surface area contributed by atoms with E-state index >= 15 is 0 Å². The van der Waals surface area contributed by atoms with Gasteiger partial charge in [-0.1, -0.05) is 0 Å². The monoisotopic (exact) mass is 262 g/mol. The first-order chi connectivity index (χ1) is 9.42. The van der Waals surface area contributed by atoms with Crippen LogP contribution >= 0.6 is 0 Å². The molecule has 1 atom stereocenters. The van der Waals surface area contributed by atoms with Crippen molar-refractivity contribution < 1.29 is 9.47 Å². The molecule has 1 saturated heterocycles. The van der Waals surface area contributed by atoms with Crippen LogP contribution in [0, 0.1) is 5.92 Å². The Labute approximate surface area is 114 Å². The average Bonchev–Trinajstić information content (AvgIpc) is 2.71. The lowest BCUT2D eigenvalue weighted by atomic mass is 10.00. The lowest BCUT2D eigenvalue weighted by Gasteiger charge is -2.23.